The lowest BCUT2D eigenvalue weighted by Gasteiger charge is -2.15. The summed E-state index contributed by atoms with van der Waals surface area (Å²) in [5.41, 5.74) is 1.81. The summed E-state index contributed by atoms with van der Waals surface area (Å²) in [7, 11) is 0. The van der Waals surface area contributed by atoms with Crippen molar-refractivity contribution in [2.45, 2.75) is 26.4 Å². The van der Waals surface area contributed by atoms with E-state index in [0.29, 0.717) is 32.6 Å². The number of carboxylic acids is 1. The van der Waals surface area contributed by atoms with E-state index in [1.165, 1.54) is 23.6 Å². The molecule has 1 saturated heterocycles. The summed E-state index contributed by atoms with van der Waals surface area (Å²) in [5, 5.41) is 9.09. The van der Waals surface area contributed by atoms with Crippen molar-refractivity contribution in [1.29, 1.82) is 0 Å². The molecule has 2 aromatic rings. The Morgan fingerprint density at radius 1 is 1.23 bits per heavy atom. The number of carbonyl (C=O) groups is 3. The van der Waals surface area contributed by atoms with Gasteiger partial charge in [-0.1, -0.05) is 55.2 Å². The van der Waals surface area contributed by atoms with E-state index in [4.69, 9.17) is 22.1 Å². The van der Waals surface area contributed by atoms with E-state index in [1.807, 2.05) is 0 Å². The highest BCUT2D eigenvalue weighted by Gasteiger charge is 2.33. The molecule has 0 bridgehead atoms. The summed E-state index contributed by atoms with van der Waals surface area (Å²) in [5.74, 6) is -0.926. The second kappa shape index (κ2) is 9.23. The zero-order valence-electron chi connectivity index (χ0n) is 16.3. The van der Waals surface area contributed by atoms with Crippen molar-refractivity contribution in [2.75, 3.05) is 4.90 Å². The number of carboxylic acid groups (broad SMARTS) is 1. The van der Waals surface area contributed by atoms with E-state index in [1.54, 1.807) is 61.5 Å². The predicted molar refractivity (Wildman–Crippen MR) is 121 cm³/mol. The average molecular weight is 442 g/mol. The van der Waals surface area contributed by atoms with Gasteiger partial charge in [0.2, 0.25) is 0 Å². The predicted octanol–water partition coefficient (Wildman–Crippen LogP) is 4.54. The Morgan fingerprint density at radius 2 is 1.93 bits per heavy atom. The molecule has 1 heterocycles. The van der Waals surface area contributed by atoms with Crippen LogP contribution in [0.2, 0.25) is 0 Å². The minimum atomic E-state index is -1.01. The molecular weight excluding hydrogens is 422 g/mol. The second-order valence-electron chi connectivity index (χ2n) is 6.55. The summed E-state index contributed by atoms with van der Waals surface area (Å²) >= 11 is 6.56. The van der Waals surface area contributed by atoms with Gasteiger partial charge in [0.1, 0.15) is 5.75 Å². The van der Waals surface area contributed by atoms with Gasteiger partial charge in [-0.2, -0.15) is 0 Å². The number of hydrogen-bond acceptors (Lipinski definition) is 6. The molecule has 1 aliphatic rings. The number of nitrogens with zero attached hydrogens (tertiary/aromatic N) is 1. The third-order valence-corrected chi connectivity index (χ3v) is 5.71. The molecule has 1 amide bonds. The summed E-state index contributed by atoms with van der Waals surface area (Å²) < 4.78 is 5.83. The Hall–Kier alpha value is -2.97. The van der Waals surface area contributed by atoms with Gasteiger partial charge in [0.25, 0.3) is 5.91 Å². The number of Topliss-reactive ketones (excluding diaryl/α,β-unsaturated/α-hetero) is 1. The van der Waals surface area contributed by atoms with Gasteiger partial charge in [-0.3, -0.25) is 14.5 Å². The standard InChI is InChI=1S/C22H19NO5S2/c1-3-18(21(26)27)28-17-9-7-14(8-10-17)11-19-20(25)23(22(29)30-19)16-6-4-5-15(12-16)13(2)24/h4-12,18H,3H2,1-2H3,(H,26,27)/b19-11+. The third-order valence-electron chi connectivity index (χ3n) is 4.41. The van der Waals surface area contributed by atoms with E-state index in [2.05, 4.69) is 0 Å². The Labute approximate surface area is 183 Å². The number of anilines is 1. The molecule has 1 aliphatic heterocycles. The molecule has 0 spiro atoms. The zero-order chi connectivity index (χ0) is 21.8. The average Bonchev–Trinajstić information content (AvgIpc) is 3.00. The molecule has 8 heteroatoms. The van der Waals surface area contributed by atoms with Crippen LogP contribution in [0.1, 0.15) is 36.2 Å². The quantitative estimate of drug-likeness (QED) is 0.384. The lowest BCUT2D eigenvalue weighted by Crippen LogP contribution is -2.27. The van der Waals surface area contributed by atoms with Crippen LogP contribution < -0.4 is 9.64 Å². The topological polar surface area (TPSA) is 83.9 Å². The normalized spacial score (nSPS) is 16.1. The molecule has 3 rings (SSSR count). The Bertz CT molecular complexity index is 1050. The summed E-state index contributed by atoms with van der Waals surface area (Å²) in [4.78, 5) is 37.5. The van der Waals surface area contributed by atoms with Crippen LogP contribution in [0.15, 0.2) is 53.4 Å². The second-order valence-corrected chi connectivity index (χ2v) is 8.22. The number of thioether (sulfide) groups is 1. The van der Waals surface area contributed by atoms with Crippen molar-refractivity contribution in [3.63, 3.8) is 0 Å². The van der Waals surface area contributed by atoms with Crippen LogP contribution in [0.4, 0.5) is 5.69 Å². The monoisotopic (exact) mass is 441 g/mol. The molecule has 154 valence electrons. The first-order chi connectivity index (χ1) is 14.3. The fourth-order valence-electron chi connectivity index (χ4n) is 2.82. The Morgan fingerprint density at radius 3 is 2.53 bits per heavy atom. The number of ketones is 1. The van der Waals surface area contributed by atoms with Crippen molar-refractivity contribution in [3.8, 4) is 5.75 Å². The number of hydrogen-bond donors (Lipinski definition) is 1. The minimum absolute atomic E-state index is 0.0895. The van der Waals surface area contributed by atoms with Gasteiger partial charge in [0, 0.05) is 5.56 Å². The Kier molecular flexibility index (Phi) is 6.69. The number of rotatable bonds is 7. The van der Waals surface area contributed by atoms with Gasteiger partial charge in [-0.05, 0) is 49.2 Å². The minimum Gasteiger partial charge on any atom is -0.479 e. The first-order valence-corrected chi connectivity index (χ1v) is 10.4. The highest BCUT2D eigenvalue weighted by molar-refractivity contribution is 8.27. The highest BCUT2D eigenvalue weighted by atomic mass is 32.2. The molecular formula is C22H19NO5S2. The maximum absolute atomic E-state index is 12.9. The SMILES string of the molecule is CCC(Oc1ccc(/C=C2/SC(=S)N(c3cccc(C(C)=O)c3)C2=O)cc1)C(=O)O. The lowest BCUT2D eigenvalue weighted by atomic mass is 10.1. The summed E-state index contributed by atoms with van der Waals surface area (Å²) in [6.07, 6.45) is 1.16. The highest BCUT2D eigenvalue weighted by Crippen LogP contribution is 2.36. The molecule has 0 radical (unpaired) electrons. The smallest absolute Gasteiger partial charge is 0.344 e. The van der Waals surface area contributed by atoms with Gasteiger partial charge in [0.15, 0.2) is 16.2 Å². The fourth-order valence-corrected chi connectivity index (χ4v) is 4.12. The molecule has 1 N–H and O–H groups in total. The van der Waals surface area contributed by atoms with Crippen molar-refractivity contribution >= 4 is 57.7 Å². The third kappa shape index (κ3) is 4.77. The van der Waals surface area contributed by atoms with Crippen LogP contribution in [0, 0.1) is 0 Å². The van der Waals surface area contributed by atoms with E-state index in [9.17, 15) is 14.4 Å². The largest absolute Gasteiger partial charge is 0.479 e. The van der Waals surface area contributed by atoms with E-state index in [-0.39, 0.29) is 11.7 Å². The van der Waals surface area contributed by atoms with Crippen LogP contribution >= 0.6 is 24.0 Å². The van der Waals surface area contributed by atoms with E-state index in [0.717, 1.165) is 5.56 Å². The maximum Gasteiger partial charge on any atom is 0.344 e. The van der Waals surface area contributed by atoms with Crippen molar-refractivity contribution in [2.24, 2.45) is 0 Å². The molecule has 1 fully saturated rings. The van der Waals surface area contributed by atoms with Gasteiger partial charge < -0.3 is 9.84 Å². The number of ether oxygens (including phenoxy) is 1. The molecule has 1 atom stereocenters. The van der Waals surface area contributed by atoms with Crippen LogP contribution in [0.25, 0.3) is 6.08 Å². The van der Waals surface area contributed by atoms with Crippen LogP contribution in [0.3, 0.4) is 0 Å². The maximum atomic E-state index is 12.9. The molecule has 0 saturated carbocycles. The zero-order valence-corrected chi connectivity index (χ0v) is 18.0. The van der Waals surface area contributed by atoms with Gasteiger partial charge in [0.05, 0.1) is 10.6 Å². The Balaban J connectivity index is 1.79. The molecule has 6 nitrogen and oxygen atoms in total. The van der Waals surface area contributed by atoms with Crippen molar-refractivity contribution in [3.05, 3.63) is 64.6 Å². The van der Waals surface area contributed by atoms with Gasteiger partial charge >= 0.3 is 5.97 Å². The number of benzene rings is 2. The summed E-state index contributed by atoms with van der Waals surface area (Å²) in [6, 6.07) is 13.6. The van der Waals surface area contributed by atoms with Gasteiger partial charge in [-0.25, -0.2) is 4.79 Å². The number of carbonyl (C=O) groups excluding carboxylic acids is 2. The van der Waals surface area contributed by atoms with E-state index >= 15 is 0 Å². The van der Waals surface area contributed by atoms with Gasteiger partial charge in [-0.15, -0.1) is 0 Å². The number of thiocarbonyl (C=S) groups is 1. The number of aliphatic carboxylic acids is 1. The van der Waals surface area contributed by atoms with Crippen molar-refractivity contribution < 1.29 is 24.2 Å². The molecule has 1 unspecified atom stereocenters. The first kappa shape index (κ1) is 21.7. The molecule has 30 heavy (non-hydrogen) atoms. The summed E-state index contributed by atoms with van der Waals surface area (Å²) in [6.45, 7) is 3.21. The molecule has 2 aromatic carbocycles. The van der Waals surface area contributed by atoms with Crippen LogP contribution in [0.5, 0.6) is 5.75 Å². The molecule has 0 aliphatic carbocycles. The lowest BCUT2D eigenvalue weighted by molar-refractivity contribution is -0.145. The number of amides is 1. The first-order valence-electron chi connectivity index (χ1n) is 9.18. The van der Waals surface area contributed by atoms with Crippen molar-refractivity contribution in [1.82, 2.24) is 0 Å². The van der Waals surface area contributed by atoms with Crippen LogP contribution in [-0.4, -0.2) is 33.2 Å². The molecule has 0 aromatic heterocycles. The fraction of sp³-hybridized carbons (Fsp3) is 0.182. The van der Waals surface area contributed by atoms with E-state index < -0.39 is 12.1 Å². The van der Waals surface area contributed by atoms with Crippen LogP contribution in [-0.2, 0) is 9.59 Å².